The Kier molecular flexibility index (Phi) is 2.90. The van der Waals surface area contributed by atoms with Gasteiger partial charge in [0.1, 0.15) is 0 Å². The fraction of sp³-hybridized carbons (Fsp3) is 0.200. The molecule has 1 heterocycles. The largest absolute Gasteiger partial charge is 0.453 e. The minimum absolute atomic E-state index is 0.696. The second kappa shape index (κ2) is 4.70. The molecule has 3 heteroatoms. The zero-order valence-corrected chi connectivity index (χ0v) is 10.2. The second-order valence-electron chi connectivity index (χ2n) is 4.33. The molecule has 0 unspecified atom stereocenters. The van der Waals surface area contributed by atoms with E-state index < -0.39 is 0 Å². The molecule has 0 aromatic heterocycles. The molecule has 0 saturated heterocycles. The molecule has 0 amide bonds. The van der Waals surface area contributed by atoms with E-state index in [1.807, 2.05) is 36.4 Å². The van der Waals surface area contributed by atoms with Crippen molar-refractivity contribution in [2.45, 2.75) is 6.42 Å². The van der Waals surface area contributed by atoms with Crippen LogP contribution in [0, 0.1) is 0 Å². The van der Waals surface area contributed by atoms with Crippen LogP contribution in [0.15, 0.2) is 48.5 Å². The number of anilines is 2. The van der Waals surface area contributed by atoms with E-state index in [0.717, 1.165) is 35.8 Å². The smallest absolute Gasteiger partial charge is 0.151 e. The first-order valence-electron chi connectivity index (χ1n) is 6.23. The van der Waals surface area contributed by atoms with Crippen molar-refractivity contribution in [1.29, 1.82) is 0 Å². The maximum Gasteiger partial charge on any atom is 0.151 e. The number of nitrogens with zero attached hydrogens (tertiary/aromatic N) is 1. The van der Waals surface area contributed by atoms with Crippen LogP contribution in [0.1, 0.15) is 6.42 Å². The third-order valence-corrected chi connectivity index (χ3v) is 3.12. The minimum Gasteiger partial charge on any atom is -0.453 e. The lowest BCUT2D eigenvalue weighted by atomic mass is 10.1. The minimum atomic E-state index is 0.696. The summed E-state index contributed by atoms with van der Waals surface area (Å²) in [7, 11) is 0. The van der Waals surface area contributed by atoms with Crippen LogP contribution in [-0.4, -0.2) is 13.1 Å². The molecule has 92 valence electrons. The van der Waals surface area contributed by atoms with Crippen molar-refractivity contribution >= 4 is 11.4 Å². The monoisotopic (exact) mass is 240 g/mol. The molecule has 1 aliphatic heterocycles. The van der Waals surface area contributed by atoms with E-state index in [1.165, 1.54) is 0 Å². The molecular formula is C15H16N2O. The summed E-state index contributed by atoms with van der Waals surface area (Å²) in [6.07, 6.45) is 0.961. The normalized spacial score (nSPS) is 12.6. The maximum absolute atomic E-state index is 5.91. The molecular weight excluding hydrogens is 224 g/mol. The van der Waals surface area contributed by atoms with Gasteiger partial charge in [0.15, 0.2) is 11.5 Å². The number of hydrogen-bond donors (Lipinski definition) is 1. The quantitative estimate of drug-likeness (QED) is 0.894. The number of fused-ring (bicyclic) bond motifs is 2. The molecule has 1 aliphatic rings. The summed E-state index contributed by atoms with van der Waals surface area (Å²) in [5, 5.41) is 0. The fourth-order valence-electron chi connectivity index (χ4n) is 2.27. The van der Waals surface area contributed by atoms with E-state index in [2.05, 4.69) is 17.0 Å². The Balaban J connectivity index is 2.05. The Morgan fingerprint density at radius 3 is 2.00 bits per heavy atom. The molecule has 0 spiro atoms. The fourth-order valence-corrected chi connectivity index (χ4v) is 2.27. The summed E-state index contributed by atoms with van der Waals surface area (Å²) in [6, 6.07) is 16.2. The molecule has 3 rings (SSSR count). The number of hydrogen-bond acceptors (Lipinski definition) is 3. The van der Waals surface area contributed by atoms with Crippen molar-refractivity contribution < 1.29 is 4.74 Å². The molecule has 0 saturated carbocycles. The average molecular weight is 240 g/mol. The Morgan fingerprint density at radius 2 is 1.44 bits per heavy atom. The van der Waals surface area contributed by atoms with Gasteiger partial charge in [0, 0.05) is 6.54 Å². The summed E-state index contributed by atoms with van der Waals surface area (Å²) in [5.74, 6) is 1.82. The molecule has 3 nitrogen and oxygen atoms in total. The lowest BCUT2D eigenvalue weighted by Crippen LogP contribution is -2.24. The van der Waals surface area contributed by atoms with Crippen molar-refractivity contribution in [3.63, 3.8) is 0 Å². The van der Waals surface area contributed by atoms with Gasteiger partial charge in [-0.25, -0.2) is 0 Å². The van der Waals surface area contributed by atoms with E-state index in [-0.39, 0.29) is 0 Å². The molecule has 2 aromatic rings. The van der Waals surface area contributed by atoms with E-state index in [4.69, 9.17) is 10.5 Å². The van der Waals surface area contributed by atoms with Crippen molar-refractivity contribution in [1.82, 2.24) is 0 Å². The van der Waals surface area contributed by atoms with Gasteiger partial charge in [-0.2, -0.15) is 0 Å². The van der Waals surface area contributed by atoms with Gasteiger partial charge in [-0.1, -0.05) is 24.3 Å². The lowest BCUT2D eigenvalue weighted by Gasteiger charge is -2.32. The third-order valence-electron chi connectivity index (χ3n) is 3.12. The first-order valence-corrected chi connectivity index (χ1v) is 6.23. The molecule has 0 radical (unpaired) electrons. The van der Waals surface area contributed by atoms with Gasteiger partial charge in [0.25, 0.3) is 0 Å². The number of rotatable bonds is 3. The van der Waals surface area contributed by atoms with Crippen molar-refractivity contribution in [3.05, 3.63) is 48.5 Å². The summed E-state index contributed by atoms with van der Waals surface area (Å²) < 4.78 is 5.91. The number of nitrogens with two attached hydrogens (primary N) is 1. The molecule has 2 N–H and O–H groups in total. The number of benzene rings is 2. The Labute approximate surface area is 107 Å². The first kappa shape index (κ1) is 11.1. The van der Waals surface area contributed by atoms with Crippen LogP contribution in [0.2, 0.25) is 0 Å². The highest BCUT2D eigenvalue weighted by atomic mass is 16.5. The van der Waals surface area contributed by atoms with Gasteiger partial charge in [0.05, 0.1) is 11.4 Å². The van der Waals surface area contributed by atoms with Crippen LogP contribution < -0.4 is 15.4 Å². The second-order valence-corrected chi connectivity index (χ2v) is 4.33. The zero-order chi connectivity index (χ0) is 12.4. The van der Waals surface area contributed by atoms with Gasteiger partial charge in [-0.15, -0.1) is 0 Å². The molecule has 0 bridgehead atoms. The molecule has 18 heavy (non-hydrogen) atoms. The Bertz CT molecular complexity index is 508. The summed E-state index contributed by atoms with van der Waals surface area (Å²) in [6.45, 7) is 1.61. The molecule has 2 aromatic carbocycles. The predicted octanol–water partition coefficient (Wildman–Crippen LogP) is 3.28. The standard InChI is InChI=1S/C15H16N2O/c16-10-5-11-17-12-6-1-3-8-14(12)18-15-9-4-2-7-13(15)17/h1-4,6-9H,5,10-11,16H2. The molecule has 0 atom stereocenters. The van der Waals surface area contributed by atoms with Crippen LogP contribution in [0.3, 0.4) is 0 Å². The van der Waals surface area contributed by atoms with E-state index >= 15 is 0 Å². The maximum atomic E-state index is 5.91. The zero-order valence-electron chi connectivity index (χ0n) is 10.2. The Morgan fingerprint density at radius 1 is 0.889 bits per heavy atom. The van der Waals surface area contributed by atoms with Gasteiger partial charge < -0.3 is 15.4 Å². The highest BCUT2D eigenvalue weighted by Gasteiger charge is 2.22. The van der Waals surface area contributed by atoms with Gasteiger partial charge in [-0.3, -0.25) is 0 Å². The third kappa shape index (κ3) is 1.83. The summed E-state index contributed by atoms with van der Waals surface area (Å²) in [5.41, 5.74) is 7.86. The van der Waals surface area contributed by atoms with Crippen molar-refractivity contribution in [2.75, 3.05) is 18.0 Å². The van der Waals surface area contributed by atoms with E-state index in [0.29, 0.717) is 6.54 Å². The average Bonchev–Trinajstić information content (AvgIpc) is 2.43. The van der Waals surface area contributed by atoms with Gasteiger partial charge in [0.2, 0.25) is 0 Å². The highest BCUT2D eigenvalue weighted by molar-refractivity contribution is 5.77. The van der Waals surface area contributed by atoms with Crippen LogP contribution in [-0.2, 0) is 0 Å². The molecule has 0 aliphatic carbocycles. The van der Waals surface area contributed by atoms with Crippen LogP contribution >= 0.6 is 0 Å². The van der Waals surface area contributed by atoms with Crippen LogP contribution in [0.25, 0.3) is 0 Å². The number of ether oxygens (including phenoxy) is 1. The SMILES string of the molecule is NCCCN1c2ccccc2Oc2ccccc21. The first-order chi connectivity index (χ1) is 8.90. The molecule has 0 fully saturated rings. The van der Waals surface area contributed by atoms with E-state index in [9.17, 15) is 0 Å². The lowest BCUT2D eigenvalue weighted by molar-refractivity contribution is 0.472. The van der Waals surface area contributed by atoms with E-state index in [1.54, 1.807) is 0 Å². The van der Waals surface area contributed by atoms with Gasteiger partial charge >= 0.3 is 0 Å². The topological polar surface area (TPSA) is 38.5 Å². The van der Waals surface area contributed by atoms with Crippen LogP contribution in [0.4, 0.5) is 11.4 Å². The predicted molar refractivity (Wildman–Crippen MR) is 73.6 cm³/mol. The number of para-hydroxylation sites is 4. The Hall–Kier alpha value is -2.00. The van der Waals surface area contributed by atoms with Crippen molar-refractivity contribution in [3.8, 4) is 11.5 Å². The van der Waals surface area contributed by atoms with Crippen LogP contribution in [0.5, 0.6) is 11.5 Å². The highest BCUT2D eigenvalue weighted by Crippen LogP contribution is 2.45. The van der Waals surface area contributed by atoms with Gasteiger partial charge in [-0.05, 0) is 37.2 Å². The van der Waals surface area contributed by atoms with Crippen molar-refractivity contribution in [2.24, 2.45) is 5.73 Å². The summed E-state index contributed by atoms with van der Waals surface area (Å²) in [4.78, 5) is 2.28. The summed E-state index contributed by atoms with van der Waals surface area (Å²) >= 11 is 0.